The Labute approximate surface area is 121 Å². The van der Waals surface area contributed by atoms with Crippen LogP contribution in [0.3, 0.4) is 0 Å². The minimum atomic E-state index is -0.370. The Kier molecular flexibility index (Phi) is 1.96. The number of benzene rings is 3. The first-order valence-electron chi connectivity index (χ1n) is 8.64. The maximum atomic E-state index is 8.05. The molecule has 0 unspecified atom stereocenters. The molecule has 0 spiro atoms. The first kappa shape index (κ1) is 7.30. The van der Waals surface area contributed by atoms with Crippen LogP contribution in [0, 0.1) is 6.92 Å². The smallest absolute Gasteiger partial charge is 0.0622 e. The van der Waals surface area contributed by atoms with E-state index >= 15 is 0 Å². The highest BCUT2D eigenvalue weighted by Gasteiger charge is 1.99. The van der Waals surface area contributed by atoms with Gasteiger partial charge in [0.2, 0.25) is 0 Å². The molecule has 0 saturated heterocycles. The van der Waals surface area contributed by atoms with Crippen LogP contribution < -0.4 is 0 Å². The molecule has 92 valence electrons. The van der Waals surface area contributed by atoms with Crippen LogP contribution in [0.2, 0.25) is 0 Å². The van der Waals surface area contributed by atoms with Crippen molar-refractivity contribution in [3.8, 4) is 22.3 Å². The van der Waals surface area contributed by atoms with E-state index in [4.69, 9.17) is 6.85 Å². The molecule has 0 heteroatoms. The van der Waals surface area contributed by atoms with E-state index in [-0.39, 0.29) is 35.8 Å². The quantitative estimate of drug-likeness (QED) is 0.576. The van der Waals surface area contributed by atoms with Crippen LogP contribution in [0.5, 0.6) is 0 Å². The van der Waals surface area contributed by atoms with Gasteiger partial charge in [0.15, 0.2) is 0 Å². The lowest BCUT2D eigenvalue weighted by Gasteiger charge is -2.05. The zero-order valence-corrected chi connectivity index (χ0v) is 10.6. The topological polar surface area (TPSA) is 0 Å². The predicted molar refractivity (Wildman–Crippen MR) is 82.1 cm³/mol. The molecule has 0 atom stereocenters. The van der Waals surface area contributed by atoms with Crippen molar-refractivity contribution in [2.45, 2.75) is 6.92 Å². The number of hydrogen-bond donors (Lipinski definition) is 0. The fourth-order valence-electron chi connectivity index (χ4n) is 2.05. The molecule has 0 fully saturated rings. The highest BCUT2D eigenvalue weighted by molar-refractivity contribution is 5.70. The molecule has 0 radical (unpaired) electrons. The third-order valence-electron chi connectivity index (χ3n) is 3.02. The lowest BCUT2D eigenvalue weighted by atomic mass is 9.99. The third-order valence-corrected chi connectivity index (χ3v) is 3.02. The van der Waals surface area contributed by atoms with Crippen LogP contribution in [0.25, 0.3) is 22.3 Å². The molecule has 0 aliphatic heterocycles. The molecule has 3 aromatic rings. The Bertz CT molecular complexity index is 885. The van der Waals surface area contributed by atoms with E-state index in [1.165, 1.54) is 5.56 Å². The summed E-state index contributed by atoms with van der Waals surface area (Å²) in [6.45, 7) is 2.03. The molecule has 0 nitrogen and oxygen atoms in total. The average molecular weight is 249 g/mol. The summed E-state index contributed by atoms with van der Waals surface area (Å²) in [5.41, 5.74) is 4.12. The van der Waals surface area contributed by atoms with Crippen molar-refractivity contribution >= 4 is 0 Å². The predicted octanol–water partition coefficient (Wildman–Crippen LogP) is 5.33. The highest BCUT2D eigenvalue weighted by atomic mass is 14.0. The first-order valence-corrected chi connectivity index (χ1v) is 6.14. The summed E-state index contributed by atoms with van der Waals surface area (Å²) in [7, 11) is 0. The van der Waals surface area contributed by atoms with Gasteiger partial charge in [0.1, 0.15) is 0 Å². The Morgan fingerprint density at radius 3 is 1.95 bits per heavy atom. The lowest BCUT2D eigenvalue weighted by Crippen LogP contribution is -1.81. The van der Waals surface area contributed by atoms with E-state index in [1.807, 2.05) is 37.3 Å². The second-order valence-corrected chi connectivity index (χ2v) is 4.45. The standard InChI is InChI=1S/C19H16/c1-15-6-5-9-19(14-15)18-12-10-17(11-13-18)16-7-3-2-4-8-16/h2-14H,1H3/i2D,3D,4D,7D,8D. The number of aryl methyl sites for hydroxylation is 1. The van der Waals surface area contributed by atoms with Crippen LogP contribution >= 0.6 is 0 Å². The molecule has 0 aliphatic carbocycles. The summed E-state index contributed by atoms with van der Waals surface area (Å²) in [5, 5.41) is 0. The van der Waals surface area contributed by atoms with E-state index in [0.717, 1.165) is 11.1 Å². The van der Waals surface area contributed by atoms with Gasteiger partial charge in [-0.15, -0.1) is 0 Å². The first-order chi connectivity index (χ1) is 11.4. The fourth-order valence-corrected chi connectivity index (χ4v) is 2.05. The highest BCUT2D eigenvalue weighted by Crippen LogP contribution is 2.25. The molecule has 0 saturated carbocycles. The molecule has 0 bridgehead atoms. The fraction of sp³-hybridized carbons (Fsp3) is 0.0526. The zero-order valence-electron chi connectivity index (χ0n) is 15.6. The Hall–Kier alpha value is -2.34. The van der Waals surface area contributed by atoms with E-state index < -0.39 is 0 Å². The molecular weight excluding hydrogens is 228 g/mol. The number of hydrogen-bond acceptors (Lipinski definition) is 0. The average Bonchev–Trinajstić information content (AvgIpc) is 2.59. The van der Waals surface area contributed by atoms with Gasteiger partial charge in [0.05, 0.1) is 6.85 Å². The summed E-state index contributed by atoms with van der Waals surface area (Å²) in [5.74, 6) is 0. The molecule has 0 N–H and O–H groups in total. The van der Waals surface area contributed by atoms with Gasteiger partial charge in [0.25, 0.3) is 0 Å². The van der Waals surface area contributed by atoms with Crippen LogP contribution in [-0.2, 0) is 0 Å². The van der Waals surface area contributed by atoms with Gasteiger partial charge in [-0.05, 0) is 29.2 Å². The second-order valence-electron chi connectivity index (χ2n) is 4.45. The van der Waals surface area contributed by atoms with Gasteiger partial charge in [-0.3, -0.25) is 0 Å². The van der Waals surface area contributed by atoms with Crippen LogP contribution in [0.4, 0.5) is 0 Å². The van der Waals surface area contributed by atoms with Crippen LogP contribution in [-0.4, -0.2) is 0 Å². The molecule has 0 amide bonds. The van der Waals surface area contributed by atoms with Crippen LogP contribution in [0.15, 0.2) is 78.7 Å². The molecule has 3 rings (SSSR count). The maximum absolute atomic E-state index is 8.05. The molecule has 0 heterocycles. The van der Waals surface area contributed by atoms with Crippen molar-refractivity contribution in [3.05, 3.63) is 84.3 Å². The van der Waals surface area contributed by atoms with Gasteiger partial charge in [-0.2, -0.15) is 0 Å². The summed E-state index contributed by atoms with van der Waals surface area (Å²) in [4.78, 5) is 0. The van der Waals surface area contributed by atoms with Crippen LogP contribution in [0.1, 0.15) is 12.4 Å². The Morgan fingerprint density at radius 1 is 0.684 bits per heavy atom. The van der Waals surface area contributed by atoms with Gasteiger partial charge < -0.3 is 0 Å². The van der Waals surface area contributed by atoms with Crippen molar-refractivity contribution in [3.63, 3.8) is 0 Å². The monoisotopic (exact) mass is 249 g/mol. The minimum absolute atomic E-state index is 0.177. The van der Waals surface area contributed by atoms with Gasteiger partial charge in [0, 0.05) is 0 Å². The van der Waals surface area contributed by atoms with E-state index in [2.05, 4.69) is 6.07 Å². The SMILES string of the molecule is [2H]c1c([2H])c([2H])c(-c2ccc(-c3cccc(C)c3)cc2)c([2H])c1[2H]. The molecule has 19 heavy (non-hydrogen) atoms. The van der Waals surface area contributed by atoms with Gasteiger partial charge >= 0.3 is 0 Å². The minimum Gasteiger partial charge on any atom is -0.0622 e. The van der Waals surface area contributed by atoms with Crippen molar-refractivity contribution in [2.75, 3.05) is 0 Å². The largest absolute Gasteiger partial charge is 0.0629 e. The van der Waals surface area contributed by atoms with E-state index in [1.54, 1.807) is 12.1 Å². The van der Waals surface area contributed by atoms with E-state index in [9.17, 15) is 0 Å². The molecular formula is C19H16. The summed E-state index contributed by atoms with van der Waals surface area (Å²) < 4.78 is 39.3. The normalized spacial score (nSPS) is 14.1. The zero-order chi connectivity index (χ0) is 17.4. The molecule has 0 aliphatic rings. The summed E-state index contributed by atoms with van der Waals surface area (Å²) >= 11 is 0. The second kappa shape index (κ2) is 5.11. The maximum Gasteiger partial charge on any atom is 0.0629 e. The summed E-state index contributed by atoms with van der Waals surface area (Å²) in [6.07, 6.45) is 0. The van der Waals surface area contributed by atoms with Crippen molar-refractivity contribution < 1.29 is 6.85 Å². The van der Waals surface area contributed by atoms with Gasteiger partial charge in [-0.25, -0.2) is 0 Å². The Balaban J connectivity index is 2.10. The molecule has 0 aromatic heterocycles. The summed E-state index contributed by atoms with van der Waals surface area (Å²) in [6, 6.07) is 14.2. The Morgan fingerprint density at radius 2 is 1.32 bits per heavy atom. The lowest BCUT2D eigenvalue weighted by molar-refractivity contribution is 1.47. The van der Waals surface area contributed by atoms with Gasteiger partial charge in [-0.1, -0.05) is 84.3 Å². The third kappa shape index (κ3) is 2.58. The van der Waals surface area contributed by atoms with Crippen molar-refractivity contribution in [2.24, 2.45) is 0 Å². The van der Waals surface area contributed by atoms with E-state index in [0.29, 0.717) is 5.56 Å². The molecule has 3 aromatic carbocycles. The van der Waals surface area contributed by atoms with Crippen molar-refractivity contribution in [1.82, 2.24) is 0 Å². The van der Waals surface area contributed by atoms with Crippen molar-refractivity contribution in [1.29, 1.82) is 0 Å². The number of rotatable bonds is 2.